The van der Waals surface area contributed by atoms with Crippen LogP contribution in [0, 0.1) is 6.92 Å². The number of nitrogens with two attached hydrogens (primary N) is 1. The average molecular weight is 344 g/mol. The highest BCUT2D eigenvalue weighted by Gasteiger charge is 2.41. The van der Waals surface area contributed by atoms with Crippen molar-refractivity contribution < 1.29 is 14.9 Å². The number of aryl methyl sites for hydroxylation is 1. The lowest BCUT2D eigenvalue weighted by atomic mass is 10.1. The van der Waals surface area contributed by atoms with Crippen molar-refractivity contribution in [1.82, 2.24) is 0 Å². The standard InChI is InChI=1S/C19H19ClN2O2/c1-13-6-8-15(9-7-13)22-18(23)12-17(19(22)24)21-11-10-14-4-2-3-5-16(14)20/h2-9,17,21H,10-12H2,1H3/p+1/t17-/m1/s1. The number of nitrogens with zero attached hydrogens (tertiary/aromatic N) is 1. The van der Waals surface area contributed by atoms with Gasteiger partial charge >= 0.3 is 0 Å². The van der Waals surface area contributed by atoms with Crippen LogP contribution in [0.4, 0.5) is 5.69 Å². The van der Waals surface area contributed by atoms with Crippen molar-refractivity contribution in [3.63, 3.8) is 0 Å². The summed E-state index contributed by atoms with van der Waals surface area (Å²) in [6.45, 7) is 2.69. The van der Waals surface area contributed by atoms with Crippen molar-refractivity contribution in [1.29, 1.82) is 0 Å². The van der Waals surface area contributed by atoms with Crippen molar-refractivity contribution in [2.24, 2.45) is 0 Å². The smallest absolute Gasteiger partial charge is 0.292 e. The molecule has 1 heterocycles. The monoisotopic (exact) mass is 343 g/mol. The van der Waals surface area contributed by atoms with Gasteiger partial charge in [0, 0.05) is 11.4 Å². The molecule has 0 unspecified atom stereocenters. The number of hydrogen-bond donors (Lipinski definition) is 1. The first-order valence-electron chi connectivity index (χ1n) is 8.06. The molecule has 2 aromatic carbocycles. The maximum absolute atomic E-state index is 12.6. The summed E-state index contributed by atoms with van der Waals surface area (Å²) >= 11 is 6.14. The number of benzene rings is 2. The van der Waals surface area contributed by atoms with Crippen LogP contribution in [-0.4, -0.2) is 24.4 Å². The van der Waals surface area contributed by atoms with Crippen LogP contribution in [0.2, 0.25) is 5.02 Å². The van der Waals surface area contributed by atoms with E-state index in [2.05, 4.69) is 0 Å². The third kappa shape index (κ3) is 3.50. The van der Waals surface area contributed by atoms with Crippen molar-refractivity contribution in [2.45, 2.75) is 25.8 Å². The van der Waals surface area contributed by atoms with Crippen LogP contribution in [0.1, 0.15) is 17.5 Å². The SMILES string of the molecule is Cc1ccc(N2C(=O)C[C@@H]([NH2+]CCc3ccccc3Cl)C2=O)cc1. The first-order chi connectivity index (χ1) is 11.6. The molecule has 2 aromatic rings. The molecule has 24 heavy (non-hydrogen) atoms. The van der Waals surface area contributed by atoms with Gasteiger partial charge in [0.15, 0.2) is 6.04 Å². The first-order valence-corrected chi connectivity index (χ1v) is 8.44. The largest absolute Gasteiger partial charge is 0.335 e. The predicted octanol–water partition coefficient (Wildman–Crippen LogP) is 2.09. The predicted molar refractivity (Wildman–Crippen MR) is 94.0 cm³/mol. The van der Waals surface area contributed by atoms with Crippen LogP contribution in [0.15, 0.2) is 48.5 Å². The van der Waals surface area contributed by atoms with Gasteiger partial charge in [-0.2, -0.15) is 0 Å². The number of imide groups is 1. The third-order valence-electron chi connectivity index (χ3n) is 4.30. The average Bonchev–Trinajstić information content (AvgIpc) is 2.84. The fourth-order valence-corrected chi connectivity index (χ4v) is 3.18. The number of amides is 2. The molecule has 0 aliphatic carbocycles. The van der Waals surface area contributed by atoms with Crippen molar-refractivity contribution in [3.8, 4) is 0 Å². The van der Waals surface area contributed by atoms with E-state index in [1.807, 2.05) is 60.8 Å². The minimum atomic E-state index is -0.346. The Bertz CT molecular complexity index is 758. The number of halogens is 1. The van der Waals surface area contributed by atoms with Crippen LogP contribution < -0.4 is 10.2 Å². The summed E-state index contributed by atoms with van der Waals surface area (Å²) in [5, 5.41) is 2.68. The lowest BCUT2D eigenvalue weighted by Gasteiger charge is -2.14. The number of quaternary nitrogens is 1. The summed E-state index contributed by atoms with van der Waals surface area (Å²) < 4.78 is 0. The maximum Gasteiger partial charge on any atom is 0.292 e. The molecule has 2 amide bonds. The van der Waals surface area contributed by atoms with E-state index < -0.39 is 0 Å². The minimum absolute atomic E-state index is 0.136. The summed E-state index contributed by atoms with van der Waals surface area (Å²) in [6, 6.07) is 14.8. The normalized spacial score (nSPS) is 17.6. The molecule has 0 saturated carbocycles. The van der Waals surface area contributed by atoms with Crippen LogP contribution in [0.5, 0.6) is 0 Å². The van der Waals surface area contributed by atoms with E-state index >= 15 is 0 Å². The second-order valence-electron chi connectivity index (χ2n) is 6.08. The lowest BCUT2D eigenvalue weighted by Crippen LogP contribution is -2.92. The number of anilines is 1. The van der Waals surface area contributed by atoms with Gasteiger partial charge in [-0.05, 0) is 30.7 Å². The second-order valence-corrected chi connectivity index (χ2v) is 6.49. The quantitative estimate of drug-likeness (QED) is 0.845. The molecule has 1 atom stereocenters. The molecular weight excluding hydrogens is 324 g/mol. The fourth-order valence-electron chi connectivity index (χ4n) is 2.95. The van der Waals surface area contributed by atoms with Crippen LogP contribution in [0.3, 0.4) is 0 Å². The molecule has 1 saturated heterocycles. The molecule has 0 bridgehead atoms. The van der Waals surface area contributed by atoms with Crippen molar-refractivity contribution in [2.75, 3.05) is 11.4 Å². The van der Waals surface area contributed by atoms with Gasteiger partial charge in [0.2, 0.25) is 5.91 Å². The molecule has 0 spiro atoms. The van der Waals surface area contributed by atoms with E-state index in [1.165, 1.54) is 4.90 Å². The Labute approximate surface area is 146 Å². The molecule has 3 rings (SSSR count). The van der Waals surface area contributed by atoms with E-state index in [0.29, 0.717) is 5.69 Å². The number of carbonyl (C=O) groups excluding carboxylic acids is 2. The molecule has 0 aromatic heterocycles. The Morgan fingerprint density at radius 1 is 1.12 bits per heavy atom. The highest BCUT2D eigenvalue weighted by molar-refractivity contribution is 6.31. The molecule has 1 aliphatic heterocycles. The van der Waals surface area contributed by atoms with Crippen LogP contribution in [-0.2, 0) is 16.0 Å². The summed E-state index contributed by atoms with van der Waals surface area (Å²) in [5.41, 5.74) is 2.81. The van der Waals surface area contributed by atoms with Crippen molar-refractivity contribution >= 4 is 29.1 Å². The molecule has 0 radical (unpaired) electrons. The Balaban J connectivity index is 1.62. The lowest BCUT2D eigenvalue weighted by molar-refractivity contribution is -0.674. The van der Waals surface area contributed by atoms with Gasteiger partial charge in [-0.1, -0.05) is 47.5 Å². The zero-order valence-corrected chi connectivity index (χ0v) is 14.3. The van der Waals surface area contributed by atoms with Crippen LogP contribution in [0.25, 0.3) is 0 Å². The zero-order valence-electron chi connectivity index (χ0n) is 13.5. The topological polar surface area (TPSA) is 54.0 Å². The third-order valence-corrected chi connectivity index (χ3v) is 4.67. The fraction of sp³-hybridized carbons (Fsp3) is 0.263. The van der Waals surface area contributed by atoms with Crippen LogP contribution >= 0.6 is 11.6 Å². The van der Waals surface area contributed by atoms with Gasteiger partial charge in [-0.3, -0.25) is 9.59 Å². The molecule has 5 heteroatoms. The van der Waals surface area contributed by atoms with Gasteiger partial charge in [0.1, 0.15) is 0 Å². The highest BCUT2D eigenvalue weighted by Crippen LogP contribution is 2.22. The molecular formula is C19H20ClN2O2+. The summed E-state index contributed by atoms with van der Waals surface area (Å²) in [7, 11) is 0. The Morgan fingerprint density at radius 2 is 1.83 bits per heavy atom. The van der Waals surface area contributed by atoms with E-state index in [4.69, 9.17) is 11.6 Å². The van der Waals surface area contributed by atoms with E-state index in [1.54, 1.807) is 0 Å². The van der Waals surface area contributed by atoms with E-state index in [-0.39, 0.29) is 24.3 Å². The van der Waals surface area contributed by atoms with Gasteiger partial charge in [-0.15, -0.1) is 0 Å². The molecule has 124 valence electrons. The Hall–Kier alpha value is -2.17. The summed E-state index contributed by atoms with van der Waals surface area (Å²) in [6.07, 6.45) is 1.01. The van der Waals surface area contributed by atoms with Crippen molar-refractivity contribution in [3.05, 3.63) is 64.7 Å². The van der Waals surface area contributed by atoms with Gasteiger partial charge in [0.25, 0.3) is 5.91 Å². The number of hydrogen-bond acceptors (Lipinski definition) is 2. The Kier molecular flexibility index (Phi) is 4.97. The number of carbonyl (C=O) groups is 2. The molecule has 1 fully saturated rings. The Morgan fingerprint density at radius 3 is 2.54 bits per heavy atom. The molecule has 2 N–H and O–H groups in total. The summed E-state index contributed by atoms with van der Waals surface area (Å²) in [4.78, 5) is 26.1. The second kappa shape index (κ2) is 7.16. The van der Waals surface area contributed by atoms with E-state index in [0.717, 1.165) is 29.1 Å². The summed E-state index contributed by atoms with van der Waals surface area (Å²) in [5.74, 6) is -0.272. The minimum Gasteiger partial charge on any atom is -0.335 e. The maximum atomic E-state index is 12.6. The highest BCUT2D eigenvalue weighted by atomic mass is 35.5. The van der Waals surface area contributed by atoms with Gasteiger partial charge in [0.05, 0.1) is 18.7 Å². The first kappa shape index (κ1) is 16.7. The molecule has 1 aliphatic rings. The van der Waals surface area contributed by atoms with Gasteiger partial charge < -0.3 is 5.32 Å². The zero-order chi connectivity index (χ0) is 17.1. The van der Waals surface area contributed by atoms with E-state index in [9.17, 15) is 9.59 Å². The molecule has 4 nitrogen and oxygen atoms in total. The number of rotatable bonds is 5. The van der Waals surface area contributed by atoms with Gasteiger partial charge in [-0.25, -0.2) is 4.90 Å².